The number of nitrogens with two attached hydrogens (primary N) is 1. The van der Waals surface area contributed by atoms with Gasteiger partial charge < -0.3 is 10.6 Å². The van der Waals surface area contributed by atoms with Gasteiger partial charge in [-0.3, -0.25) is 0 Å². The SMILES string of the molecule is CC(C)c1cc(N)nc(CCN(C)C)n1. The van der Waals surface area contributed by atoms with Crippen molar-refractivity contribution < 1.29 is 0 Å². The Bertz CT molecular complexity index is 320. The van der Waals surface area contributed by atoms with Crippen molar-refractivity contribution in [1.82, 2.24) is 14.9 Å². The summed E-state index contributed by atoms with van der Waals surface area (Å²) in [6, 6.07) is 1.85. The van der Waals surface area contributed by atoms with Gasteiger partial charge >= 0.3 is 0 Å². The van der Waals surface area contributed by atoms with Gasteiger partial charge in [-0.1, -0.05) is 13.8 Å². The number of nitrogen functional groups attached to an aromatic ring is 1. The molecule has 0 unspecified atom stereocenters. The fraction of sp³-hybridized carbons (Fsp3) is 0.636. The number of likely N-dealkylation sites (N-methyl/N-ethyl adjacent to an activating group) is 1. The van der Waals surface area contributed by atoms with Crippen LogP contribution in [-0.2, 0) is 6.42 Å². The first-order chi connectivity index (χ1) is 6.99. The van der Waals surface area contributed by atoms with Crippen LogP contribution in [0.5, 0.6) is 0 Å². The smallest absolute Gasteiger partial charge is 0.132 e. The van der Waals surface area contributed by atoms with E-state index in [1.54, 1.807) is 0 Å². The van der Waals surface area contributed by atoms with E-state index >= 15 is 0 Å². The molecule has 1 heterocycles. The van der Waals surface area contributed by atoms with E-state index in [4.69, 9.17) is 5.73 Å². The molecular formula is C11H20N4. The molecule has 0 amide bonds. The zero-order valence-corrected chi connectivity index (χ0v) is 9.99. The van der Waals surface area contributed by atoms with E-state index in [9.17, 15) is 0 Å². The van der Waals surface area contributed by atoms with Crippen LogP contribution in [0.25, 0.3) is 0 Å². The topological polar surface area (TPSA) is 55.0 Å². The minimum absolute atomic E-state index is 0.397. The maximum Gasteiger partial charge on any atom is 0.132 e. The Hall–Kier alpha value is -1.16. The number of rotatable bonds is 4. The molecule has 0 spiro atoms. The van der Waals surface area contributed by atoms with E-state index in [1.807, 2.05) is 20.2 Å². The minimum atomic E-state index is 0.397. The van der Waals surface area contributed by atoms with Crippen molar-refractivity contribution in [1.29, 1.82) is 0 Å². The van der Waals surface area contributed by atoms with Crippen LogP contribution in [0, 0.1) is 0 Å². The Kier molecular flexibility index (Phi) is 4.03. The van der Waals surface area contributed by atoms with E-state index in [1.165, 1.54) is 0 Å². The van der Waals surface area contributed by atoms with Crippen molar-refractivity contribution in [2.75, 3.05) is 26.4 Å². The Morgan fingerprint density at radius 2 is 2.00 bits per heavy atom. The molecule has 4 nitrogen and oxygen atoms in total. The third-order valence-electron chi connectivity index (χ3n) is 2.19. The summed E-state index contributed by atoms with van der Waals surface area (Å²) in [4.78, 5) is 10.8. The summed E-state index contributed by atoms with van der Waals surface area (Å²) in [5, 5.41) is 0. The van der Waals surface area contributed by atoms with Crippen molar-refractivity contribution in [2.45, 2.75) is 26.2 Å². The summed E-state index contributed by atoms with van der Waals surface area (Å²) in [6.45, 7) is 5.16. The molecule has 0 bridgehead atoms. The van der Waals surface area contributed by atoms with Gasteiger partial charge in [0.05, 0.1) is 0 Å². The summed E-state index contributed by atoms with van der Waals surface area (Å²) < 4.78 is 0. The first-order valence-corrected chi connectivity index (χ1v) is 5.27. The lowest BCUT2D eigenvalue weighted by atomic mass is 10.1. The van der Waals surface area contributed by atoms with Crippen LogP contribution in [0.3, 0.4) is 0 Å². The Labute approximate surface area is 91.5 Å². The maximum absolute atomic E-state index is 5.74. The molecule has 2 N–H and O–H groups in total. The van der Waals surface area contributed by atoms with Gasteiger partial charge in [-0.15, -0.1) is 0 Å². The molecule has 0 aromatic carbocycles. The summed E-state index contributed by atoms with van der Waals surface area (Å²) in [6.07, 6.45) is 0.845. The summed E-state index contributed by atoms with van der Waals surface area (Å²) >= 11 is 0. The maximum atomic E-state index is 5.74. The highest BCUT2D eigenvalue weighted by Gasteiger charge is 2.06. The van der Waals surface area contributed by atoms with Crippen molar-refractivity contribution in [3.05, 3.63) is 17.6 Å². The molecule has 0 aliphatic heterocycles. The van der Waals surface area contributed by atoms with E-state index in [0.717, 1.165) is 24.5 Å². The Morgan fingerprint density at radius 3 is 2.53 bits per heavy atom. The molecule has 0 fully saturated rings. The van der Waals surface area contributed by atoms with E-state index in [-0.39, 0.29) is 0 Å². The predicted molar refractivity (Wildman–Crippen MR) is 62.8 cm³/mol. The molecule has 1 aromatic rings. The average molecular weight is 208 g/mol. The lowest BCUT2D eigenvalue weighted by Gasteiger charge is -2.11. The van der Waals surface area contributed by atoms with Gasteiger partial charge in [0.2, 0.25) is 0 Å². The zero-order chi connectivity index (χ0) is 11.4. The monoisotopic (exact) mass is 208 g/mol. The lowest BCUT2D eigenvalue weighted by molar-refractivity contribution is 0.409. The number of anilines is 1. The number of hydrogen-bond acceptors (Lipinski definition) is 4. The van der Waals surface area contributed by atoms with E-state index < -0.39 is 0 Å². The second-order valence-corrected chi connectivity index (χ2v) is 4.34. The average Bonchev–Trinajstić information content (AvgIpc) is 2.13. The van der Waals surface area contributed by atoms with Gasteiger partial charge in [-0.05, 0) is 20.0 Å². The van der Waals surface area contributed by atoms with Gasteiger partial charge in [0.25, 0.3) is 0 Å². The standard InChI is InChI=1S/C11H20N4/c1-8(2)9-7-10(12)14-11(13-9)5-6-15(3)4/h7-8H,5-6H2,1-4H3,(H2,12,13,14). The molecule has 15 heavy (non-hydrogen) atoms. The number of hydrogen-bond donors (Lipinski definition) is 1. The number of aromatic nitrogens is 2. The van der Waals surface area contributed by atoms with Gasteiger partial charge in [0, 0.05) is 24.7 Å². The van der Waals surface area contributed by atoms with Crippen LogP contribution in [0.2, 0.25) is 0 Å². The minimum Gasteiger partial charge on any atom is -0.384 e. The van der Waals surface area contributed by atoms with Crippen molar-refractivity contribution in [3.8, 4) is 0 Å². The predicted octanol–water partition coefficient (Wildman–Crippen LogP) is 1.29. The fourth-order valence-electron chi connectivity index (χ4n) is 1.27. The highest BCUT2D eigenvalue weighted by atomic mass is 15.1. The van der Waals surface area contributed by atoms with Gasteiger partial charge in [0.15, 0.2) is 0 Å². The Balaban J connectivity index is 2.79. The van der Waals surface area contributed by atoms with Crippen LogP contribution >= 0.6 is 0 Å². The molecule has 84 valence electrons. The van der Waals surface area contributed by atoms with Gasteiger partial charge in [0.1, 0.15) is 11.6 Å². The molecule has 0 aliphatic carbocycles. The van der Waals surface area contributed by atoms with Crippen LogP contribution in [0.1, 0.15) is 31.3 Å². The number of nitrogens with zero attached hydrogens (tertiary/aromatic N) is 3. The first kappa shape index (κ1) is 11.9. The molecule has 0 aliphatic rings. The molecular weight excluding hydrogens is 188 g/mol. The quantitative estimate of drug-likeness (QED) is 0.810. The molecule has 0 saturated heterocycles. The van der Waals surface area contributed by atoms with Crippen LogP contribution < -0.4 is 5.73 Å². The third-order valence-corrected chi connectivity index (χ3v) is 2.19. The molecule has 4 heteroatoms. The highest BCUT2D eigenvalue weighted by Crippen LogP contribution is 2.13. The largest absolute Gasteiger partial charge is 0.384 e. The summed E-state index contributed by atoms with van der Waals surface area (Å²) in [5.74, 6) is 1.81. The lowest BCUT2D eigenvalue weighted by Crippen LogP contribution is -2.17. The van der Waals surface area contributed by atoms with Crippen LogP contribution in [-0.4, -0.2) is 35.5 Å². The second-order valence-electron chi connectivity index (χ2n) is 4.34. The van der Waals surface area contributed by atoms with Crippen LogP contribution in [0.15, 0.2) is 6.07 Å². The third kappa shape index (κ3) is 3.83. The van der Waals surface area contributed by atoms with Crippen LogP contribution in [0.4, 0.5) is 5.82 Å². The van der Waals surface area contributed by atoms with Gasteiger partial charge in [-0.25, -0.2) is 9.97 Å². The molecule has 0 radical (unpaired) electrons. The van der Waals surface area contributed by atoms with Crippen molar-refractivity contribution >= 4 is 5.82 Å². The van der Waals surface area contributed by atoms with Crippen molar-refractivity contribution in [2.24, 2.45) is 0 Å². The molecule has 0 atom stereocenters. The van der Waals surface area contributed by atoms with Crippen molar-refractivity contribution in [3.63, 3.8) is 0 Å². The first-order valence-electron chi connectivity index (χ1n) is 5.27. The molecule has 1 aromatic heterocycles. The van der Waals surface area contributed by atoms with E-state index in [2.05, 4.69) is 28.7 Å². The zero-order valence-electron chi connectivity index (χ0n) is 9.99. The fourth-order valence-corrected chi connectivity index (χ4v) is 1.27. The summed E-state index contributed by atoms with van der Waals surface area (Å²) in [7, 11) is 4.07. The normalized spacial score (nSPS) is 11.3. The van der Waals surface area contributed by atoms with Gasteiger partial charge in [-0.2, -0.15) is 0 Å². The second kappa shape index (κ2) is 5.07. The molecule has 1 rings (SSSR count). The molecule has 0 saturated carbocycles. The summed E-state index contributed by atoms with van der Waals surface area (Å²) in [5.41, 5.74) is 6.76. The Morgan fingerprint density at radius 1 is 1.33 bits per heavy atom. The highest BCUT2D eigenvalue weighted by molar-refractivity contribution is 5.31. The van der Waals surface area contributed by atoms with E-state index in [0.29, 0.717) is 11.7 Å².